The van der Waals surface area contributed by atoms with Crippen molar-refractivity contribution in [3.8, 4) is 16.9 Å². The fourth-order valence-electron chi connectivity index (χ4n) is 4.60. The number of halogens is 7. The molecule has 8 heteroatoms. The van der Waals surface area contributed by atoms with Crippen LogP contribution in [0.2, 0.25) is 0 Å². The van der Waals surface area contributed by atoms with E-state index in [0.29, 0.717) is 11.1 Å². The molecule has 0 radical (unpaired) electrons. The molecule has 1 aliphatic rings. The van der Waals surface area contributed by atoms with Crippen molar-refractivity contribution in [1.82, 2.24) is 0 Å². The fourth-order valence-corrected chi connectivity index (χ4v) is 4.60. The first kappa shape index (κ1) is 26.4. The van der Waals surface area contributed by atoms with Crippen LogP contribution in [-0.4, -0.2) is 18.5 Å². The van der Waals surface area contributed by atoms with Gasteiger partial charge in [-0.3, -0.25) is 0 Å². The molecule has 188 valence electrons. The molecule has 0 bridgehead atoms. The van der Waals surface area contributed by atoms with Crippen molar-refractivity contribution in [3.05, 3.63) is 53.8 Å². The maximum atomic E-state index is 14.2. The zero-order valence-corrected chi connectivity index (χ0v) is 19.0. The van der Waals surface area contributed by atoms with Crippen LogP contribution in [-0.2, 0) is 6.42 Å². The molecular weight excluding hydrogens is 461 g/mol. The highest BCUT2D eigenvalue weighted by Gasteiger charge is 2.59. The van der Waals surface area contributed by atoms with Crippen LogP contribution in [0, 0.1) is 17.7 Å². The summed E-state index contributed by atoms with van der Waals surface area (Å²) in [4.78, 5) is 0. The van der Waals surface area contributed by atoms with E-state index < -0.39 is 30.0 Å². The first-order valence-electron chi connectivity index (χ1n) is 11.7. The van der Waals surface area contributed by atoms with Crippen molar-refractivity contribution in [3.63, 3.8) is 0 Å². The van der Waals surface area contributed by atoms with E-state index in [0.717, 1.165) is 42.4 Å². The van der Waals surface area contributed by atoms with Crippen molar-refractivity contribution < 1.29 is 35.5 Å². The minimum Gasteiger partial charge on any atom is -0.427 e. The number of aryl methyl sites for hydroxylation is 1. The highest BCUT2D eigenvalue weighted by atomic mass is 19.4. The average molecular weight is 491 g/mol. The van der Waals surface area contributed by atoms with Crippen LogP contribution in [0.15, 0.2) is 42.5 Å². The van der Waals surface area contributed by atoms with Crippen LogP contribution in [0.25, 0.3) is 11.1 Å². The minimum atomic E-state index is -5.84. The number of benzene rings is 2. The molecule has 2 aromatic carbocycles. The molecule has 0 aliphatic heterocycles. The first-order valence-corrected chi connectivity index (χ1v) is 11.7. The van der Waals surface area contributed by atoms with Gasteiger partial charge in [-0.15, -0.1) is 0 Å². The van der Waals surface area contributed by atoms with Gasteiger partial charge in [0.1, 0.15) is 0 Å². The zero-order chi connectivity index (χ0) is 24.9. The Morgan fingerprint density at radius 1 is 0.853 bits per heavy atom. The molecule has 0 spiro atoms. The number of hydrogen-bond donors (Lipinski definition) is 0. The third-order valence-corrected chi connectivity index (χ3v) is 6.55. The van der Waals surface area contributed by atoms with Crippen molar-refractivity contribution in [2.45, 2.75) is 76.7 Å². The Kier molecular flexibility index (Phi) is 8.52. The second kappa shape index (κ2) is 11.0. The van der Waals surface area contributed by atoms with E-state index in [1.807, 2.05) is 12.1 Å². The summed E-state index contributed by atoms with van der Waals surface area (Å²) < 4.78 is 94.6. The largest absolute Gasteiger partial charge is 0.439 e. The van der Waals surface area contributed by atoms with Gasteiger partial charge < -0.3 is 4.74 Å². The molecule has 2 aromatic rings. The molecule has 1 aliphatic carbocycles. The summed E-state index contributed by atoms with van der Waals surface area (Å²) in [6.45, 7) is 2.23. The SMILES string of the molecule is CCCC1CCC(CCc2ccc(-c3ccc(OC(F)(F)C(F)C(F)(F)F)c(F)c3)cc2)CC1. The Labute approximate surface area is 195 Å². The van der Waals surface area contributed by atoms with Crippen LogP contribution >= 0.6 is 0 Å². The molecule has 1 unspecified atom stereocenters. The summed E-state index contributed by atoms with van der Waals surface area (Å²) >= 11 is 0. The van der Waals surface area contributed by atoms with Crippen LogP contribution in [0.3, 0.4) is 0 Å². The second-order valence-electron chi connectivity index (χ2n) is 9.12. The Bertz CT molecular complexity index is 916. The maximum Gasteiger partial charge on any atom is 0.439 e. The molecule has 0 aromatic heterocycles. The molecule has 1 saturated carbocycles. The van der Waals surface area contributed by atoms with E-state index in [1.165, 1.54) is 44.6 Å². The van der Waals surface area contributed by atoms with Gasteiger partial charge in [0.15, 0.2) is 11.6 Å². The van der Waals surface area contributed by atoms with Gasteiger partial charge in [-0.1, -0.05) is 75.8 Å². The lowest BCUT2D eigenvalue weighted by molar-refractivity contribution is -0.305. The third kappa shape index (κ3) is 6.89. The lowest BCUT2D eigenvalue weighted by atomic mass is 9.78. The highest BCUT2D eigenvalue weighted by molar-refractivity contribution is 5.64. The molecule has 34 heavy (non-hydrogen) atoms. The maximum absolute atomic E-state index is 14.2. The predicted octanol–water partition coefficient (Wildman–Crippen LogP) is 8.90. The van der Waals surface area contributed by atoms with E-state index in [2.05, 4.69) is 11.7 Å². The van der Waals surface area contributed by atoms with E-state index in [-0.39, 0.29) is 0 Å². The number of rotatable bonds is 9. The molecule has 0 saturated heterocycles. The molecule has 0 heterocycles. The van der Waals surface area contributed by atoms with Crippen LogP contribution in [0.4, 0.5) is 30.7 Å². The van der Waals surface area contributed by atoms with Gasteiger partial charge >= 0.3 is 12.3 Å². The zero-order valence-electron chi connectivity index (χ0n) is 19.0. The van der Waals surface area contributed by atoms with Crippen molar-refractivity contribution in [2.75, 3.05) is 0 Å². The molecule has 1 fully saturated rings. The normalized spacial score (nSPS) is 20.2. The summed E-state index contributed by atoms with van der Waals surface area (Å²) in [6, 6.07) is 10.3. The van der Waals surface area contributed by atoms with Crippen molar-refractivity contribution >= 4 is 0 Å². The summed E-state index contributed by atoms with van der Waals surface area (Å²) in [5.41, 5.74) is 2.09. The molecular formula is C26H29F7O. The van der Waals surface area contributed by atoms with Crippen LogP contribution in [0.5, 0.6) is 5.75 Å². The topological polar surface area (TPSA) is 9.23 Å². The molecule has 3 rings (SSSR count). The van der Waals surface area contributed by atoms with Gasteiger partial charge in [0.25, 0.3) is 6.17 Å². The second-order valence-corrected chi connectivity index (χ2v) is 9.12. The average Bonchev–Trinajstić information content (AvgIpc) is 2.79. The monoisotopic (exact) mass is 490 g/mol. The smallest absolute Gasteiger partial charge is 0.427 e. The van der Waals surface area contributed by atoms with Crippen molar-refractivity contribution in [1.29, 1.82) is 0 Å². The number of alkyl halides is 6. The van der Waals surface area contributed by atoms with E-state index in [1.54, 1.807) is 12.1 Å². The van der Waals surface area contributed by atoms with Crippen LogP contribution < -0.4 is 4.74 Å². The van der Waals surface area contributed by atoms with E-state index in [9.17, 15) is 30.7 Å². The van der Waals surface area contributed by atoms with Crippen molar-refractivity contribution in [2.24, 2.45) is 11.8 Å². The van der Waals surface area contributed by atoms with Gasteiger partial charge in [-0.05, 0) is 53.5 Å². The molecule has 0 N–H and O–H groups in total. The Hall–Kier alpha value is -2.25. The standard InChI is InChI=1S/C26H29F7O/c1-2-3-17-4-6-18(7-5-17)8-9-19-10-12-20(13-11-19)21-14-15-23(22(27)16-21)34-26(32,33)24(28)25(29,30)31/h10-18,24H,2-9H2,1H3. The lowest BCUT2D eigenvalue weighted by Crippen LogP contribution is -2.45. The minimum absolute atomic E-state index is 0.335. The van der Waals surface area contributed by atoms with E-state index in [4.69, 9.17) is 0 Å². The van der Waals surface area contributed by atoms with Gasteiger partial charge in [0.2, 0.25) is 0 Å². The summed E-state index contributed by atoms with van der Waals surface area (Å²) in [5, 5.41) is 0. The Balaban J connectivity index is 1.58. The Morgan fingerprint density at radius 2 is 1.41 bits per heavy atom. The van der Waals surface area contributed by atoms with Gasteiger partial charge in [0, 0.05) is 0 Å². The van der Waals surface area contributed by atoms with Crippen LogP contribution in [0.1, 0.15) is 57.4 Å². The number of ether oxygens (including phenoxy) is 1. The first-order chi connectivity index (χ1) is 16.0. The van der Waals surface area contributed by atoms with Gasteiger partial charge in [-0.2, -0.15) is 22.0 Å². The fraction of sp³-hybridized carbons (Fsp3) is 0.538. The molecule has 1 atom stereocenters. The molecule has 0 amide bonds. The predicted molar refractivity (Wildman–Crippen MR) is 117 cm³/mol. The van der Waals surface area contributed by atoms with Gasteiger partial charge in [-0.25, -0.2) is 8.78 Å². The summed E-state index contributed by atoms with van der Waals surface area (Å²) in [7, 11) is 0. The Morgan fingerprint density at radius 3 is 1.94 bits per heavy atom. The van der Waals surface area contributed by atoms with E-state index >= 15 is 0 Å². The summed E-state index contributed by atoms with van der Waals surface area (Å²) in [6.07, 6.45) is -5.93. The molecule has 1 nitrogen and oxygen atoms in total. The lowest BCUT2D eigenvalue weighted by Gasteiger charge is -2.28. The highest BCUT2D eigenvalue weighted by Crippen LogP contribution is 2.38. The summed E-state index contributed by atoms with van der Waals surface area (Å²) in [5.74, 6) is -0.874. The van der Waals surface area contributed by atoms with Gasteiger partial charge in [0.05, 0.1) is 0 Å². The quantitative estimate of drug-likeness (QED) is 0.319. The third-order valence-electron chi connectivity index (χ3n) is 6.55. The number of hydrogen-bond acceptors (Lipinski definition) is 1.